The van der Waals surface area contributed by atoms with Gasteiger partial charge in [0, 0.05) is 0 Å². The normalized spacial score (nSPS) is 19.4. The largest absolute Gasteiger partial charge is 0.462 e. The highest BCUT2D eigenvalue weighted by Gasteiger charge is 2.35. The number of carbonyl (C=O) groups excluding carboxylic acids is 2. The molecule has 0 radical (unpaired) electrons. The molecule has 108 valence electrons. The van der Waals surface area contributed by atoms with Crippen LogP contribution < -0.4 is 0 Å². The molecule has 1 aromatic carbocycles. The van der Waals surface area contributed by atoms with Crippen LogP contribution >= 0.6 is 0 Å². The molecule has 1 fully saturated rings. The monoisotopic (exact) mass is 277 g/mol. The number of hydrogen-bond donors (Lipinski definition) is 0. The van der Waals surface area contributed by atoms with E-state index < -0.39 is 17.7 Å². The maximum Gasteiger partial charge on any atom is 0.411 e. The van der Waals surface area contributed by atoms with E-state index in [1.165, 1.54) is 4.90 Å². The Labute approximate surface area is 118 Å². The highest BCUT2D eigenvalue weighted by molar-refractivity contribution is 5.79. The number of morpholine rings is 1. The van der Waals surface area contributed by atoms with Gasteiger partial charge in [-0.05, 0) is 26.3 Å². The van der Waals surface area contributed by atoms with Crippen molar-refractivity contribution in [2.75, 3.05) is 13.2 Å². The molecule has 1 heterocycles. The molecular weight excluding hydrogens is 258 g/mol. The second kappa shape index (κ2) is 5.53. The number of amides is 1. The molecule has 5 nitrogen and oxygen atoms in total. The first-order valence-electron chi connectivity index (χ1n) is 6.57. The lowest BCUT2D eigenvalue weighted by atomic mass is 10.1. The van der Waals surface area contributed by atoms with E-state index in [-0.39, 0.29) is 19.2 Å². The van der Waals surface area contributed by atoms with Crippen LogP contribution in [-0.4, -0.2) is 35.7 Å². The van der Waals surface area contributed by atoms with E-state index in [2.05, 4.69) is 0 Å². The molecule has 0 aliphatic carbocycles. The molecule has 1 atom stereocenters. The molecule has 0 N–H and O–H groups in total. The van der Waals surface area contributed by atoms with Gasteiger partial charge in [0.15, 0.2) is 0 Å². The first-order chi connectivity index (χ1) is 9.37. The van der Waals surface area contributed by atoms with Crippen LogP contribution in [0.5, 0.6) is 0 Å². The van der Waals surface area contributed by atoms with Gasteiger partial charge < -0.3 is 9.47 Å². The van der Waals surface area contributed by atoms with Crippen molar-refractivity contribution in [1.82, 2.24) is 4.90 Å². The van der Waals surface area contributed by atoms with Crippen LogP contribution in [0.25, 0.3) is 0 Å². The molecule has 2 rings (SSSR count). The van der Waals surface area contributed by atoms with E-state index in [1.807, 2.05) is 30.3 Å². The molecule has 0 saturated carbocycles. The highest BCUT2D eigenvalue weighted by Crippen LogP contribution is 2.26. The van der Waals surface area contributed by atoms with Crippen molar-refractivity contribution in [1.29, 1.82) is 0 Å². The number of rotatable bonds is 1. The third-order valence-electron chi connectivity index (χ3n) is 2.89. The summed E-state index contributed by atoms with van der Waals surface area (Å²) in [6, 6.07) is 9.18. The van der Waals surface area contributed by atoms with E-state index >= 15 is 0 Å². The predicted octanol–water partition coefficient (Wildman–Crippen LogP) is 2.52. The average Bonchev–Trinajstić information content (AvgIpc) is 2.37. The number of carbonyl (C=O) groups is 2. The van der Waals surface area contributed by atoms with Crippen LogP contribution in [0.3, 0.4) is 0 Å². The first-order valence-corrected chi connectivity index (χ1v) is 6.57. The molecule has 1 saturated heterocycles. The summed E-state index contributed by atoms with van der Waals surface area (Å²) in [5.41, 5.74) is 0.325. The summed E-state index contributed by atoms with van der Waals surface area (Å²) < 4.78 is 10.4. The van der Waals surface area contributed by atoms with Crippen molar-refractivity contribution in [3.05, 3.63) is 35.9 Å². The molecule has 1 amide bonds. The van der Waals surface area contributed by atoms with E-state index in [9.17, 15) is 9.59 Å². The summed E-state index contributed by atoms with van der Waals surface area (Å²) in [5.74, 6) is -0.414. The van der Waals surface area contributed by atoms with Crippen molar-refractivity contribution in [3.8, 4) is 0 Å². The Balaban J connectivity index is 2.21. The number of esters is 1. The van der Waals surface area contributed by atoms with Gasteiger partial charge in [0.25, 0.3) is 0 Å². The maximum atomic E-state index is 12.2. The second-order valence-corrected chi connectivity index (χ2v) is 5.72. The summed E-state index contributed by atoms with van der Waals surface area (Å²) >= 11 is 0. The Morgan fingerprint density at radius 1 is 1.30 bits per heavy atom. The minimum Gasteiger partial charge on any atom is -0.462 e. The van der Waals surface area contributed by atoms with Gasteiger partial charge in [-0.1, -0.05) is 30.3 Å². The number of hydrogen-bond acceptors (Lipinski definition) is 4. The van der Waals surface area contributed by atoms with Crippen molar-refractivity contribution < 1.29 is 19.1 Å². The van der Waals surface area contributed by atoms with Gasteiger partial charge in [0.1, 0.15) is 18.8 Å². The van der Waals surface area contributed by atoms with Gasteiger partial charge in [-0.2, -0.15) is 0 Å². The predicted molar refractivity (Wildman–Crippen MR) is 73.1 cm³/mol. The van der Waals surface area contributed by atoms with Crippen LogP contribution in [0.15, 0.2) is 30.3 Å². The SMILES string of the molecule is CC(C)(C)OC(=O)N1CC(=O)OC[C@@H]1c1ccccc1. The van der Waals surface area contributed by atoms with Gasteiger partial charge in [-0.15, -0.1) is 0 Å². The fourth-order valence-electron chi connectivity index (χ4n) is 2.02. The Morgan fingerprint density at radius 3 is 2.55 bits per heavy atom. The Bertz CT molecular complexity index is 492. The lowest BCUT2D eigenvalue weighted by molar-refractivity contribution is -0.154. The van der Waals surface area contributed by atoms with E-state index in [4.69, 9.17) is 9.47 Å². The Hall–Kier alpha value is -2.04. The van der Waals surface area contributed by atoms with Gasteiger partial charge >= 0.3 is 12.1 Å². The summed E-state index contributed by atoms with van der Waals surface area (Å²) in [4.78, 5) is 25.1. The smallest absolute Gasteiger partial charge is 0.411 e. The van der Waals surface area contributed by atoms with Crippen LogP contribution in [0.2, 0.25) is 0 Å². The fourth-order valence-corrected chi connectivity index (χ4v) is 2.02. The van der Waals surface area contributed by atoms with Crippen molar-refractivity contribution >= 4 is 12.1 Å². The molecular formula is C15H19NO4. The molecule has 1 aliphatic heterocycles. The summed E-state index contributed by atoms with van der Waals surface area (Å²) in [7, 11) is 0. The van der Waals surface area contributed by atoms with Crippen molar-refractivity contribution in [3.63, 3.8) is 0 Å². The molecule has 0 aromatic heterocycles. The van der Waals surface area contributed by atoms with Crippen LogP contribution in [0.1, 0.15) is 32.4 Å². The molecule has 0 spiro atoms. The molecule has 1 aliphatic rings. The zero-order chi connectivity index (χ0) is 14.8. The zero-order valence-electron chi connectivity index (χ0n) is 12.0. The Kier molecular flexibility index (Phi) is 3.97. The molecule has 5 heteroatoms. The standard InChI is InChI=1S/C15H19NO4/c1-15(2,3)20-14(18)16-9-13(17)19-10-12(16)11-7-5-4-6-8-11/h4-8,12H,9-10H2,1-3H3/t12-/m1/s1. The number of nitrogens with zero attached hydrogens (tertiary/aromatic N) is 1. The highest BCUT2D eigenvalue weighted by atomic mass is 16.6. The van der Waals surface area contributed by atoms with Crippen LogP contribution in [-0.2, 0) is 14.3 Å². The maximum absolute atomic E-state index is 12.2. The van der Waals surface area contributed by atoms with E-state index in [1.54, 1.807) is 20.8 Å². The number of benzene rings is 1. The molecule has 0 bridgehead atoms. The van der Waals surface area contributed by atoms with Gasteiger partial charge in [0.05, 0.1) is 6.04 Å². The van der Waals surface area contributed by atoms with Gasteiger partial charge in [-0.3, -0.25) is 9.69 Å². The minimum absolute atomic E-state index is 0.0888. The van der Waals surface area contributed by atoms with Crippen LogP contribution in [0.4, 0.5) is 4.79 Å². The van der Waals surface area contributed by atoms with E-state index in [0.717, 1.165) is 5.56 Å². The average molecular weight is 277 g/mol. The Morgan fingerprint density at radius 2 is 1.95 bits per heavy atom. The lowest BCUT2D eigenvalue weighted by Gasteiger charge is -2.35. The zero-order valence-corrected chi connectivity index (χ0v) is 12.0. The van der Waals surface area contributed by atoms with Gasteiger partial charge in [0.2, 0.25) is 0 Å². The minimum atomic E-state index is -0.598. The first kappa shape index (κ1) is 14.4. The molecule has 1 aromatic rings. The second-order valence-electron chi connectivity index (χ2n) is 5.72. The summed E-state index contributed by atoms with van der Waals surface area (Å²) in [6.07, 6.45) is -0.497. The van der Waals surface area contributed by atoms with Crippen LogP contribution in [0, 0.1) is 0 Å². The quantitative estimate of drug-likeness (QED) is 0.740. The molecule has 0 unspecified atom stereocenters. The van der Waals surface area contributed by atoms with E-state index in [0.29, 0.717) is 0 Å². The van der Waals surface area contributed by atoms with Crippen molar-refractivity contribution in [2.45, 2.75) is 32.4 Å². The number of ether oxygens (including phenoxy) is 2. The van der Waals surface area contributed by atoms with Gasteiger partial charge in [-0.25, -0.2) is 4.79 Å². The third-order valence-corrected chi connectivity index (χ3v) is 2.89. The fraction of sp³-hybridized carbons (Fsp3) is 0.467. The molecule has 20 heavy (non-hydrogen) atoms. The third kappa shape index (κ3) is 3.50. The topological polar surface area (TPSA) is 55.8 Å². The summed E-state index contributed by atoms with van der Waals surface area (Å²) in [6.45, 7) is 5.45. The summed E-state index contributed by atoms with van der Waals surface area (Å²) in [5, 5.41) is 0. The number of cyclic esters (lactones) is 1. The van der Waals surface area contributed by atoms with Crippen molar-refractivity contribution in [2.24, 2.45) is 0 Å². The lowest BCUT2D eigenvalue weighted by Crippen LogP contribution is -2.47.